The number of amides is 1. The summed E-state index contributed by atoms with van der Waals surface area (Å²) in [6, 6.07) is 4.92. The van der Waals surface area contributed by atoms with Gasteiger partial charge in [-0.2, -0.15) is 0 Å². The van der Waals surface area contributed by atoms with E-state index in [0.717, 1.165) is 0 Å². The number of carbonyl (C=O) groups is 2. The highest BCUT2D eigenvalue weighted by molar-refractivity contribution is 6.35. The van der Waals surface area contributed by atoms with E-state index in [4.69, 9.17) is 27.9 Å². The van der Waals surface area contributed by atoms with Crippen LogP contribution in [0, 0.1) is 0 Å². The highest BCUT2D eigenvalue weighted by Crippen LogP contribution is 2.21. The van der Waals surface area contributed by atoms with Gasteiger partial charge in [-0.1, -0.05) is 29.3 Å². The SMILES string of the molecule is CC(C)(C)NC(=O)COC(=O)/C=C/c1ccc(Cl)cc1Cl. The van der Waals surface area contributed by atoms with Crippen molar-refractivity contribution in [1.82, 2.24) is 5.32 Å². The Morgan fingerprint density at radius 2 is 1.95 bits per heavy atom. The van der Waals surface area contributed by atoms with Gasteiger partial charge in [-0.15, -0.1) is 0 Å². The summed E-state index contributed by atoms with van der Waals surface area (Å²) in [6.45, 7) is 5.20. The van der Waals surface area contributed by atoms with Crippen molar-refractivity contribution in [1.29, 1.82) is 0 Å². The molecule has 114 valence electrons. The molecule has 0 aliphatic heterocycles. The molecule has 0 saturated carbocycles. The van der Waals surface area contributed by atoms with Crippen molar-refractivity contribution >= 4 is 41.2 Å². The lowest BCUT2D eigenvalue weighted by Gasteiger charge is -2.20. The van der Waals surface area contributed by atoms with Crippen LogP contribution in [0.1, 0.15) is 26.3 Å². The summed E-state index contributed by atoms with van der Waals surface area (Å²) in [7, 11) is 0. The van der Waals surface area contributed by atoms with Gasteiger partial charge in [-0.05, 0) is 44.5 Å². The van der Waals surface area contributed by atoms with Crippen molar-refractivity contribution < 1.29 is 14.3 Å². The fourth-order valence-electron chi connectivity index (χ4n) is 1.43. The van der Waals surface area contributed by atoms with Gasteiger partial charge in [-0.25, -0.2) is 4.79 Å². The first-order chi connectivity index (χ1) is 9.67. The van der Waals surface area contributed by atoms with E-state index < -0.39 is 5.97 Å². The van der Waals surface area contributed by atoms with Crippen LogP contribution in [0.4, 0.5) is 0 Å². The molecule has 0 bridgehead atoms. The first kappa shape index (κ1) is 17.5. The molecule has 0 aliphatic rings. The van der Waals surface area contributed by atoms with Crippen LogP contribution >= 0.6 is 23.2 Å². The van der Waals surface area contributed by atoms with Gasteiger partial charge in [0.2, 0.25) is 0 Å². The average molecular weight is 330 g/mol. The summed E-state index contributed by atoms with van der Waals surface area (Å²) < 4.78 is 4.83. The molecule has 1 aromatic rings. The fourth-order valence-corrected chi connectivity index (χ4v) is 1.91. The molecule has 0 heterocycles. The molecule has 1 amide bonds. The summed E-state index contributed by atoms with van der Waals surface area (Å²) in [6.07, 6.45) is 2.71. The zero-order valence-electron chi connectivity index (χ0n) is 12.1. The molecular weight excluding hydrogens is 313 g/mol. The highest BCUT2D eigenvalue weighted by atomic mass is 35.5. The topological polar surface area (TPSA) is 55.4 Å². The van der Waals surface area contributed by atoms with Gasteiger partial charge in [0.1, 0.15) is 0 Å². The molecule has 0 atom stereocenters. The third kappa shape index (κ3) is 7.16. The summed E-state index contributed by atoms with van der Waals surface area (Å²) in [5.41, 5.74) is 0.271. The Bertz CT molecular complexity index is 563. The molecule has 0 radical (unpaired) electrons. The average Bonchev–Trinajstić information content (AvgIpc) is 2.33. The van der Waals surface area contributed by atoms with Crippen LogP contribution in [0.15, 0.2) is 24.3 Å². The van der Waals surface area contributed by atoms with Crippen molar-refractivity contribution in [3.63, 3.8) is 0 Å². The molecule has 21 heavy (non-hydrogen) atoms. The summed E-state index contributed by atoms with van der Waals surface area (Å²) in [4.78, 5) is 23.0. The molecule has 4 nitrogen and oxygen atoms in total. The Kier molecular flexibility index (Phi) is 6.24. The number of carbonyl (C=O) groups excluding carboxylic acids is 2. The van der Waals surface area contributed by atoms with Gasteiger partial charge in [0.05, 0.1) is 0 Å². The van der Waals surface area contributed by atoms with Gasteiger partial charge in [0, 0.05) is 21.7 Å². The maximum absolute atomic E-state index is 11.5. The van der Waals surface area contributed by atoms with E-state index >= 15 is 0 Å². The lowest BCUT2D eigenvalue weighted by molar-refractivity contribution is -0.144. The van der Waals surface area contributed by atoms with Crippen LogP contribution in [0.25, 0.3) is 6.08 Å². The Morgan fingerprint density at radius 1 is 1.29 bits per heavy atom. The monoisotopic (exact) mass is 329 g/mol. The number of nitrogens with one attached hydrogen (secondary N) is 1. The van der Waals surface area contributed by atoms with E-state index in [2.05, 4.69) is 5.32 Å². The Balaban J connectivity index is 2.50. The smallest absolute Gasteiger partial charge is 0.331 e. The molecule has 0 spiro atoms. The quantitative estimate of drug-likeness (QED) is 0.679. The maximum Gasteiger partial charge on any atom is 0.331 e. The molecule has 0 aromatic heterocycles. The first-order valence-electron chi connectivity index (χ1n) is 6.28. The van der Waals surface area contributed by atoms with Crippen molar-refractivity contribution in [3.8, 4) is 0 Å². The van der Waals surface area contributed by atoms with Crippen LogP contribution in [0.2, 0.25) is 10.0 Å². The van der Waals surface area contributed by atoms with E-state index in [1.807, 2.05) is 20.8 Å². The largest absolute Gasteiger partial charge is 0.452 e. The minimum Gasteiger partial charge on any atom is -0.452 e. The van der Waals surface area contributed by atoms with Gasteiger partial charge in [-0.3, -0.25) is 4.79 Å². The molecule has 1 N–H and O–H groups in total. The van der Waals surface area contributed by atoms with Crippen LogP contribution < -0.4 is 5.32 Å². The number of benzene rings is 1. The second-order valence-corrected chi connectivity index (χ2v) is 6.25. The van der Waals surface area contributed by atoms with E-state index in [1.165, 1.54) is 12.2 Å². The number of rotatable bonds is 4. The minimum absolute atomic E-state index is 0.325. The maximum atomic E-state index is 11.5. The van der Waals surface area contributed by atoms with Gasteiger partial charge < -0.3 is 10.1 Å². The molecule has 0 aliphatic carbocycles. The van der Waals surface area contributed by atoms with Crippen molar-refractivity contribution in [2.75, 3.05) is 6.61 Å². The number of halogens is 2. The summed E-state index contributed by atoms with van der Waals surface area (Å²) >= 11 is 11.7. The minimum atomic E-state index is -0.620. The van der Waals surface area contributed by atoms with E-state index in [0.29, 0.717) is 15.6 Å². The molecule has 1 aromatic carbocycles. The molecule has 0 unspecified atom stereocenters. The lowest BCUT2D eigenvalue weighted by atomic mass is 10.1. The molecule has 1 rings (SSSR count). The number of ether oxygens (including phenoxy) is 1. The Morgan fingerprint density at radius 3 is 2.52 bits per heavy atom. The van der Waals surface area contributed by atoms with Crippen LogP contribution in [-0.2, 0) is 14.3 Å². The van der Waals surface area contributed by atoms with Crippen LogP contribution in [-0.4, -0.2) is 24.0 Å². The van der Waals surface area contributed by atoms with Crippen molar-refractivity contribution in [2.24, 2.45) is 0 Å². The predicted octanol–water partition coefficient (Wildman–Crippen LogP) is 3.46. The van der Waals surface area contributed by atoms with Gasteiger partial charge in [0.15, 0.2) is 6.61 Å². The number of hydrogen-bond acceptors (Lipinski definition) is 3. The number of esters is 1. The van der Waals surface area contributed by atoms with Crippen LogP contribution in [0.5, 0.6) is 0 Å². The summed E-state index contributed by atoms with van der Waals surface area (Å²) in [5.74, 6) is -0.973. The van der Waals surface area contributed by atoms with E-state index in [1.54, 1.807) is 18.2 Å². The number of hydrogen-bond donors (Lipinski definition) is 1. The standard InChI is InChI=1S/C15H17Cl2NO3/c1-15(2,3)18-13(19)9-21-14(20)7-5-10-4-6-11(16)8-12(10)17/h4-8H,9H2,1-3H3,(H,18,19)/b7-5+. The summed E-state index contributed by atoms with van der Waals surface area (Å²) in [5, 5.41) is 3.63. The predicted molar refractivity (Wildman–Crippen MR) is 84.4 cm³/mol. The van der Waals surface area contributed by atoms with Gasteiger partial charge >= 0.3 is 5.97 Å². The van der Waals surface area contributed by atoms with Crippen molar-refractivity contribution in [3.05, 3.63) is 39.9 Å². The zero-order valence-corrected chi connectivity index (χ0v) is 13.6. The molecule has 6 heteroatoms. The third-order valence-electron chi connectivity index (χ3n) is 2.22. The normalized spacial score (nSPS) is 11.5. The third-order valence-corrected chi connectivity index (χ3v) is 2.78. The molecule has 0 saturated heterocycles. The van der Waals surface area contributed by atoms with Crippen LogP contribution in [0.3, 0.4) is 0 Å². The molecule has 0 fully saturated rings. The van der Waals surface area contributed by atoms with E-state index in [-0.39, 0.29) is 18.1 Å². The van der Waals surface area contributed by atoms with E-state index in [9.17, 15) is 9.59 Å². The lowest BCUT2D eigenvalue weighted by Crippen LogP contribution is -2.42. The highest BCUT2D eigenvalue weighted by Gasteiger charge is 2.14. The van der Waals surface area contributed by atoms with Gasteiger partial charge in [0.25, 0.3) is 5.91 Å². The van der Waals surface area contributed by atoms with Crippen molar-refractivity contribution in [2.45, 2.75) is 26.3 Å². The molecular formula is C15H17Cl2NO3. The Labute approximate surface area is 134 Å². The zero-order chi connectivity index (χ0) is 16.0. The first-order valence-corrected chi connectivity index (χ1v) is 7.04. The Hall–Kier alpha value is -1.52. The fraction of sp³-hybridized carbons (Fsp3) is 0.333. The second kappa shape index (κ2) is 7.48. The second-order valence-electron chi connectivity index (χ2n) is 5.41.